The van der Waals surface area contributed by atoms with Gasteiger partial charge in [0.25, 0.3) is 0 Å². The molecule has 26 heavy (non-hydrogen) atoms. The molecule has 0 saturated carbocycles. The second-order valence-corrected chi connectivity index (χ2v) is 7.50. The van der Waals surface area contributed by atoms with E-state index in [2.05, 4.69) is 10.3 Å². The summed E-state index contributed by atoms with van der Waals surface area (Å²) in [6.45, 7) is 5.56. The average molecular weight is 357 g/mol. The monoisotopic (exact) mass is 357 g/mol. The Hall–Kier alpha value is -2.83. The van der Waals surface area contributed by atoms with Crippen molar-refractivity contribution in [3.05, 3.63) is 36.7 Å². The molecule has 1 saturated heterocycles. The van der Waals surface area contributed by atoms with Crippen molar-refractivity contribution in [2.75, 3.05) is 11.9 Å². The van der Waals surface area contributed by atoms with Gasteiger partial charge in [-0.15, -0.1) is 0 Å². The van der Waals surface area contributed by atoms with Crippen LogP contribution in [0.25, 0.3) is 10.8 Å². The lowest BCUT2D eigenvalue weighted by Crippen LogP contribution is -2.43. The van der Waals surface area contributed by atoms with Gasteiger partial charge in [-0.05, 0) is 44.4 Å². The minimum absolute atomic E-state index is 0.164. The first-order valence-corrected chi connectivity index (χ1v) is 8.56. The van der Waals surface area contributed by atoms with Crippen LogP contribution in [0.4, 0.5) is 10.5 Å². The SMILES string of the molecule is CC(C)(C)OC(=O)N1C[C@@H](Nc2ccc3cnccc3c2)C[C@H]1C(=O)O. The third-order valence-electron chi connectivity index (χ3n) is 4.23. The Morgan fingerprint density at radius 1 is 1.27 bits per heavy atom. The summed E-state index contributed by atoms with van der Waals surface area (Å²) in [6, 6.07) is 6.73. The molecule has 0 spiro atoms. The molecule has 1 aromatic heterocycles. The largest absolute Gasteiger partial charge is 0.480 e. The standard InChI is InChI=1S/C19H23N3O4/c1-19(2,3)26-18(25)22-11-15(9-16(22)17(23)24)21-14-5-4-13-10-20-7-6-12(13)8-14/h4-8,10,15-16,21H,9,11H2,1-3H3,(H,23,24)/t15-,16-/m0/s1. The lowest BCUT2D eigenvalue weighted by atomic mass is 10.1. The minimum Gasteiger partial charge on any atom is -0.480 e. The van der Waals surface area contributed by atoms with Crippen LogP contribution in [0.3, 0.4) is 0 Å². The fourth-order valence-corrected chi connectivity index (χ4v) is 3.11. The summed E-state index contributed by atoms with van der Waals surface area (Å²) in [5.74, 6) is -1.02. The summed E-state index contributed by atoms with van der Waals surface area (Å²) in [4.78, 5) is 29.3. The van der Waals surface area contributed by atoms with Crippen molar-refractivity contribution in [1.82, 2.24) is 9.88 Å². The second-order valence-electron chi connectivity index (χ2n) is 7.50. The van der Waals surface area contributed by atoms with E-state index in [9.17, 15) is 14.7 Å². The van der Waals surface area contributed by atoms with Gasteiger partial charge in [0.15, 0.2) is 0 Å². The van der Waals surface area contributed by atoms with Gasteiger partial charge in [0.2, 0.25) is 0 Å². The molecule has 2 N–H and O–H groups in total. The van der Waals surface area contributed by atoms with Crippen LogP contribution in [0, 0.1) is 0 Å². The number of rotatable bonds is 3. The van der Waals surface area contributed by atoms with Gasteiger partial charge in [-0.2, -0.15) is 0 Å². The Morgan fingerprint density at radius 2 is 2.04 bits per heavy atom. The highest BCUT2D eigenvalue weighted by molar-refractivity contribution is 5.85. The highest BCUT2D eigenvalue weighted by Crippen LogP contribution is 2.25. The van der Waals surface area contributed by atoms with Crippen LogP contribution in [-0.2, 0) is 9.53 Å². The summed E-state index contributed by atoms with van der Waals surface area (Å²) >= 11 is 0. The summed E-state index contributed by atoms with van der Waals surface area (Å²) in [5, 5.41) is 14.9. The number of aromatic nitrogens is 1. The van der Waals surface area contributed by atoms with Crippen molar-refractivity contribution in [3.8, 4) is 0 Å². The summed E-state index contributed by atoms with van der Waals surface area (Å²) in [5.41, 5.74) is 0.210. The van der Waals surface area contributed by atoms with Gasteiger partial charge >= 0.3 is 12.1 Å². The van der Waals surface area contributed by atoms with Crippen molar-refractivity contribution in [1.29, 1.82) is 0 Å². The van der Waals surface area contributed by atoms with Crippen molar-refractivity contribution < 1.29 is 19.4 Å². The van der Waals surface area contributed by atoms with Gasteiger partial charge in [0, 0.05) is 42.5 Å². The zero-order valence-electron chi connectivity index (χ0n) is 15.1. The third kappa shape index (κ3) is 4.04. The van der Waals surface area contributed by atoms with E-state index in [0.29, 0.717) is 6.42 Å². The van der Waals surface area contributed by atoms with E-state index in [-0.39, 0.29) is 12.6 Å². The zero-order chi connectivity index (χ0) is 18.9. The predicted molar refractivity (Wildman–Crippen MR) is 98.1 cm³/mol. The molecular weight excluding hydrogens is 334 g/mol. The molecule has 3 rings (SSSR count). The number of hydrogen-bond donors (Lipinski definition) is 2. The van der Waals surface area contributed by atoms with Crippen molar-refractivity contribution in [2.24, 2.45) is 0 Å². The Labute approximate surface area is 152 Å². The van der Waals surface area contributed by atoms with Crippen LogP contribution in [0.15, 0.2) is 36.7 Å². The Morgan fingerprint density at radius 3 is 2.73 bits per heavy atom. The summed E-state index contributed by atoms with van der Waals surface area (Å²) in [7, 11) is 0. The topological polar surface area (TPSA) is 91.8 Å². The van der Waals surface area contributed by atoms with Gasteiger partial charge in [-0.3, -0.25) is 9.88 Å². The zero-order valence-corrected chi connectivity index (χ0v) is 15.1. The average Bonchev–Trinajstić information content (AvgIpc) is 2.97. The van der Waals surface area contributed by atoms with Crippen molar-refractivity contribution in [3.63, 3.8) is 0 Å². The van der Waals surface area contributed by atoms with Crippen LogP contribution >= 0.6 is 0 Å². The number of carbonyl (C=O) groups is 2. The summed E-state index contributed by atoms with van der Waals surface area (Å²) < 4.78 is 5.35. The molecule has 1 amide bonds. The van der Waals surface area contributed by atoms with Gasteiger partial charge < -0.3 is 15.2 Å². The van der Waals surface area contributed by atoms with Crippen LogP contribution in [0.5, 0.6) is 0 Å². The van der Waals surface area contributed by atoms with Crippen LogP contribution < -0.4 is 5.32 Å². The molecule has 138 valence electrons. The van der Waals surface area contributed by atoms with Crippen molar-refractivity contribution in [2.45, 2.75) is 44.9 Å². The smallest absolute Gasteiger partial charge is 0.411 e. The molecule has 7 heteroatoms. The number of carbonyl (C=O) groups excluding carboxylic acids is 1. The molecule has 2 atom stereocenters. The van der Waals surface area contributed by atoms with Crippen molar-refractivity contribution >= 4 is 28.5 Å². The molecule has 0 radical (unpaired) electrons. The molecule has 0 aliphatic carbocycles. The van der Waals surface area contributed by atoms with Gasteiger partial charge in [0.05, 0.1) is 0 Å². The number of benzene rings is 1. The molecule has 1 fully saturated rings. The number of amides is 1. The van der Waals surface area contributed by atoms with E-state index in [1.54, 1.807) is 33.2 Å². The minimum atomic E-state index is -1.02. The van der Waals surface area contributed by atoms with E-state index in [1.165, 1.54) is 4.90 Å². The number of nitrogens with one attached hydrogen (secondary N) is 1. The van der Waals surface area contributed by atoms with E-state index in [4.69, 9.17) is 4.74 Å². The first-order valence-electron chi connectivity index (χ1n) is 8.56. The first kappa shape index (κ1) is 18.0. The Kier molecular flexibility index (Phi) is 4.71. The van der Waals surface area contributed by atoms with E-state index >= 15 is 0 Å². The molecule has 1 aromatic carbocycles. The van der Waals surface area contributed by atoms with Crippen LogP contribution in [-0.4, -0.2) is 51.3 Å². The number of pyridine rings is 1. The fraction of sp³-hybridized carbons (Fsp3) is 0.421. The van der Waals surface area contributed by atoms with E-state index in [1.807, 2.05) is 24.3 Å². The normalized spacial score (nSPS) is 20.2. The number of nitrogens with zero attached hydrogens (tertiary/aromatic N) is 2. The predicted octanol–water partition coefficient (Wildman–Crippen LogP) is 3.11. The number of aliphatic carboxylic acids is 1. The first-order chi connectivity index (χ1) is 12.2. The number of carboxylic acids is 1. The number of carboxylic acid groups (broad SMARTS) is 1. The Bertz CT molecular complexity index is 831. The third-order valence-corrected chi connectivity index (χ3v) is 4.23. The number of likely N-dealkylation sites (tertiary alicyclic amines) is 1. The molecule has 0 unspecified atom stereocenters. The number of ether oxygens (including phenoxy) is 1. The molecule has 0 bridgehead atoms. The molecule has 1 aliphatic rings. The lowest BCUT2D eigenvalue weighted by Gasteiger charge is -2.26. The molecule has 7 nitrogen and oxygen atoms in total. The van der Waals surface area contributed by atoms with Crippen LogP contribution in [0.2, 0.25) is 0 Å². The van der Waals surface area contributed by atoms with Crippen LogP contribution in [0.1, 0.15) is 27.2 Å². The number of anilines is 1. The molecule has 2 aromatic rings. The van der Waals surface area contributed by atoms with E-state index in [0.717, 1.165) is 16.5 Å². The van der Waals surface area contributed by atoms with Gasteiger partial charge in [-0.1, -0.05) is 6.07 Å². The highest BCUT2D eigenvalue weighted by Gasteiger charge is 2.41. The van der Waals surface area contributed by atoms with E-state index < -0.39 is 23.7 Å². The molecular formula is C19H23N3O4. The quantitative estimate of drug-likeness (QED) is 0.877. The maximum Gasteiger partial charge on any atom is 0.411 e. The molecule has 1 aliphatic heterocycles. The summed E-state index contributed by atoms with van der Waals surface area (Å²) in [6.07, 6.45) is 3.24. The maximum absolute atomic E-state index is 12.4. The number of hydrogen-bond acceptors (Lipinski definition) is 5. The maximum atomic E-state index is 12.4. The molecule has 2 heterocycles. The Balaban J connectivity index is 1.74. The number of fused-ring (bicyclic) bond motifs is 1. The lowest BCUT2D eigenvalue weighted by molar-refractivity contribution is -0.142. The second kappa shape index (κ2) is 6.82. The fourth-order valence-electron chi connectivity index (χ4n) is 3.11. The van der Waals surface area contributed by atoms with Gasteiger partial charge in [0.1, 0.15) is 11.6 Å². The highest BCUT2D eigenvalue weighted by atomic mass is 16.6. The van der Waals surface area contributed by atoms with Gasteiger partial charge in [-0.25, -0.2) is 9.59 Å².